The smallest absolute Gasteiger partial charge is 0.175 e. The summed E-state index contributed by atoms with van der Waals surface area (Å²) in [6, 6.07) is 1.84. The molecule has 4 nitrogen and oxygen atoms in total. The van der Waals surface area contributed by atoms with E-state index in [4.69, 9.17) is 19.9 Å². The first-order chi connectivity index (χ1) is 8.60. The lowest BCUT2D eigenvalue weighted by Gasteiger charge is -2.20. The number of hydrogen-bond acceptors (Lipinski definition) is 4. The minimum absolute atomic E-state index is 0.277. The molecule has 1 atom stereocenters. The molecule has 0 heterocycles. The maximum absolute atomic E-state index is 5.62. The quantitative estimate of drug-likeness (QED) is 0.876. The van der Waals surface area contributed by atoms with Crippen LogP contribution in [-0.4, -0.2) is 27.9 Å². The summed E-state index contributed by atoms with van der Waals surface area (Å²) in [5, 5.41) is 0. The monoisotopic (exact) mass is 317 g/mol. The Balaban J connectivity index is 3.38. The molecule has 0 aliphatic carbocycles. The minimum Gasteiger partial charge on any atom is -0.496 e. The highest BCUT2D eigenvalue weighted by Crippen LogP contribution is 2.46. The highest BCUT2D eigenvalue weighted by Gasteiger charge is 2.22. The van der Waals surface area contributed by atoms with Gasteiger partial charge in [-0.1, -0.05) is 6.92 Å². The van der Waals surface area contributed by atoms with Crippen molar-refractivity contribution in [2.45, 2.75) is 19.3 Å². The van der Waals surface area contributed by atoms with Crippen molar-refractivity contribution in [2.24, 2.45) is 5.73 Å². The Morgan fingerprint density at radius 3 is 2.22 bits per heavy atom. The lowest BCUT2D eigenvalue weighted by Crippen LogP contribution is -2.07. The van der Waals surface area contributed by atoms with E-state index < -0.39 is 0 Å². The van der Waals surface area contributed by atoms with Crippen LogP contribution in [0, 0.1) is 0 Å². The van der Waals surface area contributed by atoms with Gasteiger partial charge < -0.3 is 19.9 Å². The molecule has 0 aliphatic rings. The van der Waals surface area contributed by atoms with E-state index in [-0.39, 0.29) is 5.92 Å². The Kier molecular flexibility index (Phi) is 5.75. The van der Waals surface area contributed by atoms with Gasteiger partial charge in [0.15, 0.2) is 11.5 Å². The third-order valence-electron chi connectivity index (χ3n) is 2.92. The molecule has 5 heteroatoms. The summed E-state index contributed by atoms with van der Waals surface area (Å²) in [6.07, 6.45) is 0.879. The van der Waals surface area contributed by atoms with Gasteiger partial charge in [0.05, 0.1) is 25.8 Å². The van der Waals surface area contributed by atoms with E-state index in [1.807, 2.05) is 6.07 Å². The fourth-order valence-corrected chi connectivity index (χ4v) is 2.91. The summed E-state index contributed by atoms with van der Waals surface area (Å²) < 4.78 is 17.0. The number of methoxy groups -OCH3 is 3. The fourth-order valence-electron chi connectivity index (χ4n) is 1.97. The molecule has 0 aromatic heterocycles. The lowest BCUT2D eigenvalue weighted by atomic mass is 9.96. The summed E-state index contributed by atoms with van der Waals surface area (Å²) in [6.45, 7) is 2.74. The minimum atomic E-state index is 0.277. The van der Waals surface area contributed by atoms with Crippen molar-refractivity contribution >= 4 is 15.9 Å². The predicted molar refractivity (Wildman–Crippen MR) is 75.9 cm³/mol. The number of hydrogen-bond donors (Lipinski definition) is 1. The maximum atomic E-state index is 5.62. The number of ether oxygens (including phenoxy) is 3. The molecule has 18 heavy (non-hydrogen) atoms. The molecular weight excluding hydrogens is 298 g/mol. The van der Waals surface area contributed by atoms with Crippen LogP contribution in [0.1, 0.15) is 24.8 Å². The van der Waals surface area contributed by atoms with Gasteiger partial charge in [0.2, 0.25) is 0 Å². The van der Waals surface area contributed by atoms with Crippen molar-refractivity contribution in [3.05, 3.63) is 16.1 Å². The Labute approximate surface area is 117 Å². The first-order valence-electron chi connectivity index (χ1n) is 5.79. The number of halogens is 1. The van der Waals surface area contributed by atoms with Gasteiger partial charge in [-0.05, 0) is 34.8 Å². The van der Waals surface area contributed by atoms with Crippen LogP contribution >= 0.6 is 15.9 Å². The largest absolute Gasteiger partial charge is 0.496 e. The van der Waals surface area contributed by atoms with E-state index >= 15 is 0 Å². The second-order valence-corrected chi connectivity index (χ2v) is 4.81. The Morgan fingerprint density at radius 2 is 1.78 bits per heavy atom. The van der Waals surface area contributed by atoms with Crippen LogP contribution in [0.3, 0.4) is 0 Å². The number of rotatable bonds is 6. The summed E-state index contributed by atoms with van der Waals surface area (Å²) >= 11 is 3.57. The summed E-state index contributed by atoms with van der Waals surface area (Å²) in [5.41, 5.74) is 6.68. The Bertz CT molecular complexity index is 410. The average Bonchev–Trinajstić information content (AvgIpc) is 2.37. The molecule has 0 amide bonds. The molecule has 0 aliphatic heterocycles. The van der Waals surface area contributed by atoms with Crippen molar-refractivity contribution in [3.8, 4) is 17.2 Å². The van der Waals surface area contributed by atoms with Gasteiger partial charge in [-0.3, -0.25) is 0 Å². The topological polar surface area (TPSA) is 53.7 Å². The fraction of sp³-hybridized carbons (Fsp3) is 0.538. The van der Waals surface area contributed by atoms with Gasteiger partial charge >= 0.3 is 0 Å². The van der Waals surface area contributed by atoms with Crippen LogP contribution in [0.25, 0.3) is 0 Å². The third kappa shape index (κ3) is 2.90. The Morgan fingerprint density at radius 1 is 1.17 bits per heavy atom. The van der Waals surface area contributed by atoms with Crippen LogP contribution in [0.2, 0.25) is 0 Å². The number of benzene rings is 1. The normalized spacial score (nSPS) is 12.1. The van der Waals surface area contributed by atoms with Gasteiger partial charge in [0, 0.05) is 11.6 Å². The van der Waals surface area contributed by atoms with Gasteiger partial charge in [0.25, 0.3) is 0 Å². The molecule has 0 bridgehead atoms. The first-order valence-corrected chi connectivity index (χ1v) is 6.58. The van der Waals surface area contributed by atoms with Gasteiger partial charge in [-0.15, -0.1) is 0 Å². The summed E-state index contributed by atoms with van der Waals surface area (Å²) in [7, 11) is 4.87. The molecule has 2 N–H and O–H groups in total. The molecule has 102 valence electrons. The van der Waals surface area contributed by atoms with Gasteiger partial charge in [-0.2, -0.15) is 0 Å². The van der Waals surface area contributed by atoms with E-state index in [9.17, 15) is 0 Å². The van der Waals surface area contributed by atoms with Crippen molar-refractivity contribution in [1.29, 1.82) is 0 Å². The zero-order valence-corrected chi connectivity index (χ0v) is 12.8. The van der Waals surface area contributed by atoms with Gasteiger partial charge in [0.1, 0.15) is 5.75 Å². The lowest BCUT2D eigenvalue weighted by molar-refractivity contribution is 0.344. The number of nitrogens with two attached hydrogens (primary N) is 1. The standard InChI is InChI=1S/C13H20BrNO3/c1-8(5-6-15)11-9(16-2)7-10(17-3)13(18-4)12(11)14/h7-8H,5-6,15H2,1-4H3. The molecule has 0 fully saturated rings. The van der Waals surface area contributed by atoms with Crippen LogP contribution in [0.15, 0.2) is 10.5 Å². The van der Waals surface area contributed by atoms with E-state index in [0.29, 0.717) is 18.0 Å². The molecule has 1 aromatic rings. The summed E-state index contributed by atoms with van der Waals surface area (Å²) in [5.74, 6) is 2.38. The zero-order valence-electron chi connectivity index (χ0n) is 11.2. The molecule has 0 saturated carbocycles. The molecule has 0 saturated heterocycles. The average molecular weight is 318 g/mol. The SMILES string of the molecule is COc1cc(OC)c(C(C)CCN)c(Br)c1OC. The van der Waals surface area contributed by atoms with Crippen LogP contribution in [-0.2, 0) is 0 Å². The van der Waals surface area contributed by atoms with Crippen LogP contribution < -0.4 is 19.9 Å². The second-order valence-electron chi connectivity index (χ2n) is 4.02. The van der Waals surface area contributed by atoms with Crippen LogP contribution in [0.5, 0.6) is 17.2 Å². The molecular formula is C13H20BrNO3. The van der Waals surface area contributed by atoms with Crippen LogP contribution in [0.4, 0.5) is 0 Å². The molecule has 1 unspecified atom stereocenters. The van der Waals surface area contributed by atoms with E-state index in [0.717, 1.165) is 22.2 Å². The molecule has 0 radical (unpaired) electrons. The van der Waals surface area contributed by atoms with E-state index in [2.05, 4.69) is 22.9 Å². The van der Waals surface area contributed by atoms with Crippen molar-refractivity contribution in [3.63, 3.8) is 0 Å². The van der Waals surface area contributed by atoms with E-state index in [1.54, 1.807) is 21.3 Å². The highest BCUT2D eigenvalue weighted by atomic mass is 79.9. The Hall–Kier alpha value is -0.940. The predicted octanol–water partition coefficient (Wildman–Crippen LogP) is 2.93. The first kappa shape index (κ1) is 15.1. The van der Waals surface area contributed by atoms with Crippen molar-refractivity contribution < 1.29 is 14.2 Å². The molecule has 1 aromatic carbocycles. The van der Waals surface area contributed by atoms with Crippen molar-refractivity contribution in [2.75, 3.05) is 27.9 Å². The van der Waals surface area contributed by atoms with Gasteiger partial charge in [-0.25, -0.2) is 0 Å². The highest BCUT2D eigenvalue weighted by molar-refractivity contribution is 9.10. The molecule has 1 rings (SSSR count). The second kappa shape index (κ2) is 6.85. The third-order valence-corrected chi connectivity index (χ3v) is 3.71. The van der Waals surface area contributed by atoms with E-state index in [1.165, 1.54) is 0 Å². The maximum Gasteiger partial charge on any atom is 0.175 e. The summed E-state index contributed by atoms with van der Waals surface area (Å²) in [4.78, 5) is 0. The zero-order chi connectivity index (χ0) is 13.7. The molecule has 0 spiro atoms. The van der Waals surface area contributed by atoms with Crippen molar-refractivity contribution in [1.82, 2.24) is 0 Å².